The van der Waals surface area contributed by atoms with Crippen LogP contribution in [0, 0.1) is 11.8 Å². The van der Waals surface area contributed by atoms with Crippen molar-refractivity contribution in [1.82, 2.24) is 0 Å². The number of hydrogen-bond acceptors (Lipinski definition) is 10. The monoisotopic (exact) mass is 888 g/mol. The van der Waals surface area contributed by atoms with E-state index in [4.69, 9.17) is 18.9 Å². The van der Waals surface area contributed by atoms with E-state index in [9.17, 15) is 25.3 Å². The van der Waals surface area contributed by atoms with Crippen LogP contribution >= 0.6 is 0 Å². The molecule has 7 aliphatic rings. The second-order valence-corrected chi connectivity index (χ2v) is 28.0. The van der Waals surface area contributed by atoms with E-state index in [1.165, 1.54) is 0 Å². The molecule has 0 aromatic heterocycles. The zero-order valence-electron chi connectivity index (χ0n) is 36.6. The lowest BCUT2D eigenvalue weighted by Gasteiger charge is -2.37. The zero-order valence-corrected chi connectivity index (χ0v) is 39.1. The van der Waals surface area contributed by atoms with Gasteiger partial charge in [-0.2, -0.15) is 0 Å². The van der Waals surface area contributed by atoms with Gasteiger partial charge in [0.1, 0.15) is 0 Å². The van der Waals surface area contributed by atoms with Gasteiger partial charge >= 0.3 is 0 Å². The topological polar surface area (TPSA) is 139 Å². The largest absolute Gasteiger partial charge is 0.381 e. The van der Waals surface area contributed by atoms with Crippen molar-refractivity contribution in [3.8, 4) is 0 Å². The van der Waals surface area contributed by atoms with Crippen LogP contribution in [0.15, 0.2) is 0 Å². The molecule has 0 aromatic rings. The molecule has 0 amide bonds. The summed E-state index contributed by atoms with van der Waals surface area (Å²) >= 11 is 0. The van der Waals surface area contributed by atoms with Gasteiger partial charge in [-0.05, 0) is 198 Å². The highest BCUT2D eigenvalue weighted by atomic mass is 32.2. The molecule has 59 heavy (non-hydrogen) atoms. The fraction of sp³-hybridized carbons (Fsp3) is 1.00. The lowest BCUT2D eigenvalue weighted by molar-refractivity contribution is -0.0650. The Labute approximate surface area is 358 Å². The predicted octanol–water partition coefficient (Wildman–Crippen LogP) is 9.01. The van der Waals surface area contributed by atoms with Crippen molar-refractivity contribution in [2.75, 3.05) is 13.7 Å². The molecule has 342 valence electrons. The summed E-state index contributed by atoms with van der Waals surface area (Å²) in [6.07, 6.45) is 25.2. The highest BCUT2D eigenvalue weighted by molar-refractivity contribution is 7.93. The molecule has 0 atom stereocenters. The molecule has 0 radical (unpaired) electrons. The third-order valence-electron chi connectivity index (χ3n) is 16.6. The molecule has 7 saturated carbocycles. The van der Waals surface area contributed by atoms with Crippen molar-refractivity contribution in [1.29, 1.82) is 0 Å². The average molecular weight is 889 g/mol. The Balaban J connectivity index is 0.735. The predicted molar refractivity (Wildman–Crippen MR) is 234 cm³/mol. The van der Waals surface area contributed by atoms with Gasteiger partial charge in [0.05, 0.1) is 68.1 Å². The third kappa shape index (κ3) is 12.1. The Bertz CT molecular complexity index is 1600. The summed E-state index contributed by atoms with van der Waals surface area (Å²) in [6.45, 7) is 2.89. The van der Waals surface area contributed by atoms with Crippen molar-refractivity contribution < 1.29 is 44.2 Å². The van der Waals surface area contributed by atoms with Gasteiger partial charge in [-0.15, -0.1) is 0 Å². The summed E-state index contributed by atoms with van der Waals surface area (Å²) in [4.78, 5) is 0. The summed E-state index contributed by atoms with van der Waals surface area (Å²) in [5.41, 5.74) is 0. The van der Waals surface area contributed by atoms with Crippen LogP contribution in [0.3, 0.4) is 0 Å². The molecule has 13 heteroatoms. The normalized spacial score (nSPS) is 41.0. The highest BCUT2D eigenvalue weighted by Gasteiger charge is 2.43. The molecule has 7 aliphatic carbocycles. The molecule has 0 spiro atoms. The van der Waals surface area contributed by atoms with E-state index in [0.29, 0.717) is 69.2 Å². The first-order chi connectivity index (χ1) is 28.3. The van der Waals surface area contributed by atoms with Crippen molar-refractivity contribution in [3.05, 3.63) is 0 Å². The van der Waals surface area contributed by atoms with E-state index < -0.39 is 29.5 Å². The molecule has 0 aromatic carbocycles. The first-order valence-electron chi connectivity index (χ1n) is 24.4. The van der Waals surface area contributed by atoms with Crippen LogP contribution in [0.1, 0.15) is 193 Å². The molecule has 0 N–H and O–H groups in total. The first kappa shape index (κ1) is 46.7. The maximum atomic E-state index is 13.8. The van der Waals surface area contributed by atoms with Gasteiger partial charge in [-0.25, -0.2) is 25.3 Å². The van der Waals surface area contributed by atoms with Crippen molar-refractivity contribution in [2.45, 2.75) is 261 Å². The van der Waals surface area contributed by atoms with Gasteiger partial charge in [0.25, 0.3) is 0 Å². The molecule has 0 bridgehead atoms. The second-order valence-electron chi connectivity index (χ2n) is 20.5. The quantitative estimate of drug-likeness (QED) is 0.157. The Hall–Kier alpha value is -0.310. The summed E-state index contributed by atoms with van der Waals surface area (Å²) in [6, 6.07) is 0. The molecule has 10 nitrogen and oxygen atoms in total. The standard InChI is InChI=1S/C46H80O10S3/c1-33-3-19-41(20-4-33)57(47,48)44-25-15-39(16-26-44)56-40-17-29-46(30-18-40)59(51,52)43-23-11-36(12-24-43)54-32-31-34-5-21-42(22-6-34)58(49,50)45-27-13-38(14-28-45)55-37-9-7-35(53-2)8-10-37/h33-46H,3-32H2,1-2H3. The summed E-state index contributed by atoms with van der Waals surface area (Å²) in [5, 5.41) is -1.38. The Kier molecular flexibility index (Phi) is 16.7. The molecular weight excluding hydrogens is 809 g/mol. The third-order valence-corrected chi connectivity index (χ3v) is 25.0. The summed E-state index contributed by atoms with van der Waals surface area (Å²) in [5.74, 6) is 1.14. The summed E-state index contributed by atoms with van der Waals surface area (Å²) < 4.78 is 106. The van der Waals surface area contributed by atoms with Crippen molar-refractivity contribution >= 4 is 29.5 Å². The maximum absolute atomic E-state index is 13.8. The molecule has 0 unspecified atom stereocenters. The van der Waals surface area contributed by atoms with E-state index in [2.05, 4.69) is 6.92 Å². The van der Waals surface area contributed by atoms with Crippen LogP contribution in [0.4, 0.5) is 0 Å². The smallest absolute Gasteiger partial charge is 0.156 e. The van der Waals surface area contributed by atoms with Gasteiger partial charge in [0.15, 0.2) is 29.5 Å². The number of ether oxygens (including phenoxy) is 4. The maximum Gasteiger partial charge on any atom is 0.156 e. The minimum Gasteiger partial charge on any atom is -0.381 e. The van der Waals surface area contributed by atoms with Crippen molar-refractivity contribution in [3.63, 3.8) is 0 Å². The SMILES string of the molecule is COC1CCC(OC2CCC(S(=O)(=O)C3CCC(CCOC4CCC(S(=O)(=O)C5CCC(OC6CCC(S(=O)(=O)C7CCC(C)CC7)CC6)CC5)CC4)CC3)CC2)CC1. The molecule has 0 aliphatic heterocycles. The lowest BCUT2D eigenvalue weighted by Crippen LogP contribution is -2.41. The number of sulfone groups is 3. The van der Waals surface area contributed by atoms with E-state index >= 15 is 0 Å². The number of rotatable bonds is 15. The fourth-order valence-electron chi connectivity index (χ4n) is 12.5. The van der Waals surface area contributed by atoms with E-state index in [1.807, 2.05) is 0 Å². The zero-order chi connectivity index (χ0) is 41.6. The van der Waals surface area contributed by atoms with E-state index in [1.54, 1.807) is 7.11 Å². The van der Waals surface area contributed by atoms with E-state index in [-0.39, 0.29) is 55.9 Å². The average Bonchev–Trinajstić information content (AvgIpc) is 3.25. The fourth-order valence-corrected chi connectivity index (χ4v) is 19.7. The van der Waals surface area contributed by atoms with E-state index in [0.717, 1.165) is 148 Å². The Morgan fingerprint density at radius 2 is 0.627 bits per heavy atom. The molecule has 0 heterocycles. The highest BCUT2D eigenvalue weighted by Crippen LogP contribution is 2.40. The van der Waals surface area contributed by atoms with Crippen LogP contribution in [0.2, 0.25) is 0 Å². The molecule has 0 saturated heterocycles. The van der Waals surface area contributed by atoms with Gasteiger partial charge in [-0.1, -0.05) is 6.92 Å². The van der Waals surface area contributed by atoms with Gasteiger partial charge in [0, 0.05) is 13.7 Å². The van der Waals surface area contributed by atoms with Crippen LogP contribution in [-0.4, -0.2) is 107 Å². The molecule has 7 fully saturated rings. The summed E-state index contributed by atoms with van der Waals surface area (Å²) in [7, 11) is -7.64. The van der Waals surface area contributed by atoms with Gasteiger partial charge in [0.2, 0.25) is 0 Å². The Morgan fingerprint density at radius 1 is 0.356 bits per heavy atom. The van der Waals surface area contributed by atoms with Crippen LogP contribution in [0.25, 0.3) is 0 Å². The minimum absolute atomic E-state index is 0.0742. The van der Waals surface area contributed by atoms with Crippen molar-refractivity contribution in [2.24, 2.45) is 11.8 Å². The number of methoxy groups -OCH3 is 1. The van der Waals surface area contributed by atoms with Crippen LogP contribution < -0.4 is 0 Å². The van der Waals surface area contributed by atoms with Crippen LogP contribution in [0.5, 0.6) is 0 Å². The lowest BCUT2D eigenvalue weighted by atomic mass is 9.87. The number of hydrogen-bond donors (Lipinski definition) is 0. The first-order valence-corrected chi connectivity index (χ1v) is 29.3. The van der Waals surface area contributed by atoms with Crippen LogP contribution in [-0.2, 0) is 48.5 Å². The molecule has 7 rings (SSSR count). The second kappa shape index (κ2) is 21.1. The van der Waals surface area contributed by atoms with Gasteiger partial charge in [-0.3, -0.25) is 0 Å². The minimum atomic E-state index is -3.21. The Morgan fingerprint density at radius 3 is 0.966 bits per heavy atom. The van der Waals surface area contributed by atoms with Gasteiger partial charge < -0.3 is 18.9 Å². The molecular formula is C46H80O10S3.